The number of nitrogens with one attached hydrogen (secondary N) is 2. The Labute approximate surface area is 137 Å². The van der Waals surface area contributed by atoms with Gasteiger partial charge in [-0.05, 0) is 70.9 Å². The van der Waals surface area contributed by atoms with E-state index in [0.717, 1.165) is 18.9 Å². The molecule has 1 aliphatic carbocycles. The zero-order valence-corrected chi connectivity index (χ0v) is 14.8. The van der Waals surface area contributed by atoms with E-state index in [4.69, 9.17) is 4.74 Å². The first-order valence-electron chi connectivity index (χ1n) is 8.11. The lowest BCUT2D eigenvalue weighted by Gasteiger charge is -2.23. The van der Waals surface area contributed by atoms with E-state index in [-0.39, 0.29) is 12.1 Å². The highest BCUT2D eigenvalue weighted by Gasteiger charge is 2.32. The topological polar surface area (TPSA) is 50.4 Å². The maximum absolute atomic E-state index is 11.7. The summed E-state index contributed by atoms with van der Waals surface area (Å²) in [6.45, 7) is 8.54. The van der Waals surface area contributed by atoms with Gasteiger partial charge in [-0.15, -0.1) is 11.3 Å². The molecule has 2 unspecified atom stereocenters. The number of thiophene rings is 1. The van der Waals surface area contributed by atoms with Crippen LogP contribution in [-0.4, -0.2) is 24.3 Å². The standard InChI is InChI=1S/C17H28N2O2S/c1-12(19-16(20)21-17(2,3)4)9-10-18-15(13-7-8-13)14-6-5-11-22-14/h5-6,11-13,15,18H,7-10H2,1-4H3,(H,19,20). The number of carbonyl (C=O) groups excluding carboxylic acids is 1. The van der Waals surface area contributed by atoms with E-state index in [9.17, 15) is 4.79 Å². The summed E-state index contributed by atoms with van der Waals surface area (Å²) >= 11 is 1.82. The molecule has 0 radical (unpaired) electrons. The highest BCUT2D eigenvalue weighted by molar-refractivity contribution is 7.10. The van der Waals surface area contributed by atoms with Crippen molar-refractivity contribution in [3.05, 3.63) is 22.4 Å². The maximum Gasteiger partial charge on any atom is 0.407 e. The second kappa shape index (κ2) is 7.47. The van der Waals surface area contributed by atoms with Crippen molar-refractivity contribution in [1.82, 2.24) is 10.6 Å². The Bertz CT molecular complexity index is 464. The molecule has 1 amide bonds. The van der Waals surface area contributed by atoms with Gasteiger partial charge in [-0.25, -0.2) is 4.79 Å². The summed E-state index contributed by atoms with van der Waals surface area (Å²) < 4.78 is 5.27. The quantitative estimate of drug-likeness (QED) is 0.794. The summed E-state index contributed by atoms with van der Waals surface area (Å²) in [7, 11) is 0. The minimum Gasteiger partial charge on any atom is -0.444 e. The van der Waals surface area contributed by atoms with E-state index in [0.29, 0.717) is 6.04 Å². The van der Waals surface area contributed by atoms with Gasteiger partial charge in [-0.1, -0.05) is 6.07 Å². The summed E-state index contributed by atoms with van der Waals surface area (Å²) in [6, 6.07) is 4.91. The van der Waals surface area contributed by atoms with Gasteiger partial charge in [0.25, 0.3) is 0 Å². The van der Waals surface area contributed by atoms with Gasteiger partial charge in [0.2, 0.25) is 0 Å². The molecule has 1 fully saturated rings. The number of alkyl carbamates (subject to hydrolysis) is 1. The molecule has 5 heteroatoms. The fourth-order valence-electron chi connectivity index (χ4n) is 2.43. The van der Waals surface area contributed by atoms with Crippen molar-refractivity contribution in [2.45, 2.75) is 64.6 Å². The third kappa shape index (κ3) is 5.97. The van der Waals surface area contributed by atoms with Crippen LogP contribution in [0.15, 0.2) is 17.5 Å². The fourth-order valence-corrected chi connectivity index (χ4v) is 3.33. The molecule has 4 nitrogen and oxygen atoms in total. The third-order valence-electron chi connectivity index (χ3n) is 3.65. The molecule has 2 rings (SSSR count). The molecule has 1 aliphatic rings. The molecule has 2 atom stereocenters. The molecule has 0 saturated heterocycles. The highest BCUT2D eigenvalue weighted by atomic mass is 32.1. The Morgan fingerprint density at radius 2 is 2.18 bits per heavy atom. The van der Waals surface area contributed by atoms with Crippen LogP contribution < -0.4 is 10.6 Å². The lowest BCUT2D eigenvalue weighted by atomic mass is 10.1. The predicted octanol–water partition coefficient (Wildman–Crippen LogP) is 4.09. The van der Waals surface area contributed by atoms with E-state index in [1.165, 1.54) is 17.7 Å². The first-order chi connectivity index (χ1) is 10.3. The van der Waals surface area contributed by atoms with Crippen LogP contribution in [0, 0.1) is 5.92 Å². The van der Waals surface area contributed by atoms with Crippen LogP contribution in [-0.2, 0) is 4.74 Å². The number of ether oxygens (including phenoxy) is 1. The molecule has 1 aromatic rings. The van der Waals surface area contributed by atoms with E-state index in [1.807, 2.05) is 39.0 Å². The summed E-state index contributed by atoms with van der Waals surface area (Å²) in [6.07, 6.45) is 3.20. The molecule has 1 heterocycles. The van der Waals surface area contributed by atoms with Gasteiger partial charge < -0.3 is 15.4 Å². The molecular weight excluding hydrogens is 296 g/mol. The van der Waals surface area contributed by atoms with Crippen molar-refractivity contribution < 1.29 is 9.53 Å². The lowest BCUT2D eigenvalue weighted by Crippen LogP contribution is -2.39. The molecule has 1 saturated carbocycles. The van der Waals surface area contributed by atoms with Gasteiger partial charge in [-0.3, -0.25) is 0 Å². The van der Waals surface area contributed by atoms with Crippen molar-refractivity contribution in [2.75, 3.05) is 6.54 Å². The molecule has 1 aromatic heterocycles. The van der Waals surface area contributed by atoms with Gasteiger partial charge >= 0.3 is 6.09 Å². The van der Waals surface area contributed by atoms with Crippen LogP contribution in [0.25, 0.3) is 0 Å². The number of rotatable bonds is 7. The van der Waals surface area contributed by atoms with Gasteiger partial charge in [0.15, 0.2) is 0 Å². The van der Waals surface area contributed by atoms with Crippen molar-refractivity contribution in [2.24, 2.45) is 5.92 Å². The first-order valence-corrected chi connectivity index (χ1v) is 8.99. The largest absolute Gasteiger partial charge is 0.444 e. The van der Waals surface area contributed by atoms with Gasteiger partial charge in [0.1, 0.15) is 5.60 Å². The molecule has 0 spiro atoms. The third-order valence-corrected chi connectivity index (χ3v) is 4.60. The smallest absolute Gasteiger partial charge is 0.407 e. The number of hydrogen-bond acceptors (Lipinski definition) is 4. The molecule has 0 aliphatic heterocycles. The predicted molar refractivity (Wildman–Crippen MR) is 91.2 cm³/mol. The highest BCUT2D eigenvalue weighted by Crippen LogP contribution is 2.42. The van der Waals surface area contributed by atoms with Crippen LogP contribution in [0.3, 0.4) is 0 Å². The van der Waals surface area contributed by atoms with Crippen molar-refractivity contribution in [3.8, 4) is 0 Å². The Morgan fingerprint density at radius 3 is 2.73 bits per heavy atom. The normalized spacial score (nSPS) is 17.8. The fraction of sp³-hybridized carbons (Fsp3) is 0.706. The second-order valence-electron chi connectivity index (χ2n) is 7.12. The average Bonchev–Trinajstić information content (AvgIpc) is 3.06. The minimum atomic E-state index is -0.446. The van der Waals surface area contributed by atoms with Crippen LogP contribution >= 0.6 is 11.3 Å². The first kappa shape index (κ1) is 17.3. The van der Waals surface area contributed by atoms with Crippen LogP contribution in [0.2, 0.25) is 0 Å². The Kier molecular flexibility index (Phi) is 5.87. The van der Waals surface area contributed by atoms with Crippen molar-refractivity contribution >= 4 is 17.4 Å². The van der Waals surface area contributed by atoms with Crippen molar-refractivity contribution in [1.29, 1.82) is 0 Å². The monoisotopic (exact) mass is 324 g/mol. The van der Waals surface area contributed by atoms with E-state index in [1.54, 1.807) is 0 Å². The molecule has 2 N–H and O–H groups in total. The van der Waals surface area contributed by atoms with Gasteiger partial charge in [-0.2, -0.15) is 0 Å². The number of amides is 1. The number of carbonyl (C=O) groups is 1. The molecular formula is C17H28N2O2S. The summed E-state index contributed by atoms with van der Waals surface area (Å²) in [5.41, 5.74) is -0.446. The van der Waals surface area contributed by atoms with E-state index in [2.05, 4.69) is 28.1 Å². The van der Waals surface area contributed by atoms with Crippen molar-refractivity contribution in [3.63, 3.8) is 0 Å². The molecule has 0 bridgehead atoms. The van der Waals surface area contributed by atoms with E-state index < -0.39 is 5.60 Å². The SMILES string of the molecule is CC(CCNC(c1cccs1)C1CC1)NC(=O)OC(C)(C)C. The Morgan fingerprint density at radius 1 is 1.45 bits per heavy atom. The zero-order valence-electron chi connectivity index (χ0n) is 14.0. The summed E-state index contributed by atoms with van der Waals surface area (Å²) in [4.78, 5) is 13.1. The van der Waals surface area contributed by atoms with Crippen LogP contribution in [0.5, 0.6) is 0 Å². The minimum absolute atomic E-state index is 0.102. The van der Waals surface area contributed by atoms with Crippen LogP contribution in [0.4, 0.5) is 4.79 Å². The molecule has 0 aromatic carbocycles. The zero-order chi connectivity index (χ0) is 16.2. The summed E-state index contributed by atoms with van der Waals surface area (Å²) in [5.74, 6) is 0.785. The second-order valence-corrected chi connectivity index (χ2v) is 8.10. The van der Waals surface area contributed by atoms with Gasteiger partial charge in [0.05, 0.1) is 0 Å². The van der Waals surface area contributed by atoms with E-state index >= 15 is 0 Å². The lowest BCUT2D eigenvalue weighted by molar-refractivity contribution is 0.0506. The average molecular weight is 324 g/mol. The number of hydrogen-bond donors (Lipinski definition) is 2. The Balaban J connectivity index is 1.70. The molecule has 22 heavy (non-hydrogen) atoms. The Hall–Kier alpha value is -1.07. The van der Waals surface area contributed by atoms with Crippen LogP contribution in [0.1, 0.15) is 57.9 Å². The summed E-state index contributed by atoms with van der Waals surface area (Å²) in [5, 5.41) is 8.68. The van der Waals surface area contributed by atoms with Gasteiger partial charge in [0, 0.05) is 17.0 Å². The maximum atomic E-state index is 11.7. The molecule has 124 valence electrons.